The molecule has 9 nitrogen and oxygen atoms in total. The van der Waals surface area contributed by atoms with E-state index in [4.69, 9.17) is 25.8 Å². The fourth-order valence-corrected chi connectivity index (χ4v) is 4.07. The molecule has 0 unspecified atom stereocenters. The minimum absolute atomic E-state index is 0.122. The lowest BCUT2D eigenvalue weighted by Gasteiger charge is -2.26. The van der Waals surface area contributed by atoms with Gasteiger partial charge in [-0.2, -0.15) is 0 Å². The summed E-state index contributed by atoms with van der Waals surface area (Å²) in [5, 5.41) is 3.22. The number of likely N-dealkylation sites (tertiary alicyclic amines) is 1. The third kappa shape index (κ3) is 5.13. The number of nitrogens with zero attached hydrogens (tertiary/aromatic N) is 4. The van der Waals surface area contributed by atoms with Gasteiger partial charge in [-0.15, -0.1) is 0 Å². The Morgan fingerprint density at radius 2 is 2.20 bits per heavy atom. The summed E-state index contributed by atoms with van der Waals surface area (Å²) < 4.78 is 31.6. The van der Waals surface area contributed by atoms with Crippen molar-refractivity contribution >= 4 is 40.0 Å². The van der Waals surface area contributed by atoms with E-state index in [1.165, 1.54) is 24.5 Å². The molecule has 35 heavy (non-hydrogen) atoms. The number of hydrogen-bond donors (Lipinski definition) is 1. The van der Waals surface area contributed by atoms with E-state index in [0.29, 0.717) is 62.1 Å². The molecule has 0 aliphatic carbocycles. The lowest BCUT2D eigenvalue weighted by Crippen LogP contribution is -2.32. The van der Waals surface area contributed by atoms with E-state index in [2.05, 4.69) is 26.8 Å². The summed E-state index contributed by atoms with van der Waals surface area (Å²) in [4.78, 5) is 26.5. The van der Waals surface area contributed by atoms with Crippen LogP contribution >= 0.6 is 11.6 Å². The number of nitrogens with one attached hydrogen (secondary N) is 1. The van der Waals surface area contributed by atoms with Gasteiger partial charge in [0.15, 0.2) is 5.82 Å². The average Bonchev–Trinajstić information content (AvgIpc) is 3.29. The lowest BCUT2D eigenvalue weighted by molar-refractivity contribution is -0.125. The minimum atomic E-state index is -0.550. The Labute approximate surface area is 205 Å². The first-order valence-corrected chi connectivity index (χ1v) is 11.5. The van der Waals surface area contributed by atoms with E-state index in [0.717, 1.165) is 0 Å². The van der Waals surface area contributed by atoms with Gasteiger partial charge in [-0.05, 0) is 18.2 Å². The summed E-state index contributed by atoms with van der Waals surface area (Å²) in [6, 6.07) is 6.14. The van der Waals surface area contributed by atoms with Crippen molar-refractivity contribution in [3.05, 3.63) is 54.1 Å². The van der Waals surface area contributed by atoms with Gasteiger partial charge in [0.1, 0.15) is 29.5 Å². The molecule has 2 saturated heterocycles. The highest BCUT2D eigenvalue weighted by Gasteiger charge is 2.27. The number of fused-ring (bicyclic) bond motifs is 1. The fourth-order valence-electron chi connectivity index (χ4n) is 3.85. The van der Waals surface area contributed by atoms with Gasteiger partial charge < -0.3 is 24.4 Å². The molecule has 0 saturated carbocycles. The molecule has 11 heteroatoms. The van der Waals surface area contributed by atoms with Crippen molar-refractivity contribution < 1.29 is 23.4 Å². The molecule has 2 fully saturated rings. The number of pyridine rings is 1. The van der Waals surface area contributed by atoms with Crippen LogP contribution in [0.4, 0.5) is 15.9 Å². The number of amides is 1. The summed E-state index contributed by atoms with van der Waals surface area (Å²) in [5.74, 6) is 0.532. The van der Waals surface area contributed by atoms with Gasteiger partial charge in [-0.3, -0.25) is 4.79 Å². The highest BCUT2D eigenvalue weighted by atomic mass is 35.5. The average molecular weight is 500 g/mol. The SMILES string of the molecule is C=CC(=O)N1CC[C@H](Oc2ccc3ncnc(Nc4cc(Cl)c(OCC5COC5)cc4F)c3n2)C1. The van der Waals surface area contributed by atoms with Crippen molar-refractivity contribution in [2.24, 2.45) is 5.92 Å². The number of aromatic nitrogens is 3. The van der Waals surface area contributed by atoms with Gasteiger partial charge in [-0.25, -0.2) is 19.3 Å². The summed E-state index contributed by atoms with van der Waals surface area (Å²) >= 11 is 6.33. The predicted molar refractivity (Wildman–Crippen MR) is 128 cm³/mol. The molecule has 182 valence electrons. The molecule has 4 heterocycles. The first kappa shape index (κ1) is 23.3. The second kappa shape index (κ2) is 10.0. The van der Waals surface area contributed by atoms with Crippen molar-refractivity contribution in [3.8, 4) is 11.6 Å². The van der Waals surface area contributed by atoms with Crippen molar-refractivity contribution in [1.82, 2.24) is 19.9 Å². The number of halogens is 2. The molecule has 2 aliphatic heterocycles. The highest BCUT2D eigenvalue weighted by molar-refractivity contribution is 6.32. The van der Waals surface area contributed by atoms with E-state index in [1.54, 1.807) is 17.0 Å². The van der Waals surface area contributed by atoms with Crippen molar-refractivity contribution in [2.75, 3.05) is 38.2 Å². The van der Waals surface area contributed by atoms with Gasteiger partial charge in [0.2, 0.25) is 11.8 Å². The Kier molecular flexibility index (Phi) is 6.65. The molecule has 5 rings (SSSR count). The van der Waals surface area contributed by atoms with Crippen molar-refractivity contribution in [2.45, 2.75) is 12.5 Å². The first-order valence-electron chi connectivity index (χ1n) is 11.2. The van der Waals surface area contributed by atoms with E-state index < -0.39 is 5.82 Å². The number of rotatable bonds is 8. The number of anilines is 2. The van der Waals surface area contributed by atoms with Crippen LogP contribution in [0.5, 0.6) is 11.6 Å². The van der Waals surface area contributed by atoms with E-state index in [-0.39, 0.29) is 34.4 Å². The molecular formula is C24H23ClFN5O4. The summed E-state index contributed by atoms with van der Waals surface area (Å²) in [5.41, 5.74) is 1.08. The topological polar surface area (TPSA) is 98.7 Å². The first-order chi connectivity index (χ1) is 17.0. The van der Waals surface area contributed by atoms with Crippen LogP contribution in [0.2, 0.25) is 5.02 Å². The van der Waals surface area contributed by atoms with Crippen LogP contribution in [0.3, 0.4) is 0 Å². The molecule has 2 aromatic heterocycles. The largest absolute Gasteiger partial charge is 0.491 e. The Morgan fingerprint density at radius 1 is 1.34 bits per heavy atom. The third-order valence-electron chi connectivity index (χ3n) is 5.83. The third-order valence-corrected chi connectivity index (χ3v) is 6.13. The summed E-state index contributed by atoms with van der Waals surface area (Å²) in [6.45, 7) is 6.23. The van der Waals surface area contributed by atoms with Gasteiger partial charge in [0.25, 0.3) is 0 Å². The molecule has 0 radical (unpaired) electrons. The summed E-state index contributed by atoms with van der Waals surface area (Å²) in [6.07, 6.45) is 3.14. The van der Waals surface area contributed by atoms with Crippen LogP contribution in [0, 0.1) is 11.7 Å². The lowest BCUT2D eigenvalue weighted by atomic mass is 10.1. The quantitative estimate of drug-likeness (QED) is 0.468. The van der Waals surface area contributed by atoms with Gasteiger partial charge >= 0.3 is 0 Å². The minimum Gasteiger partial charge on any atom is -0.491 e. The zero-order valence-corrected chi connectivity index (χ0v) is 19.5. The van der Waals surface area contributed by atoms with Crippen LogP contribution in [0.1, 0.15) is 6.42 Å². The second-order valence-corrected chi connectivity index (χ2v) is 8.77. The van der Waals surface area contributed by atoms with E-state index in [9.17, 15) is 9.18 Å². The Balaban J connectivity index is 1.33. The normalized spacial score (nSPS) is 17.8. The number of ether oxygens (including phenoxy) is 3. The maximum Gasteiger partial charge on any atom is 0.246 e. The van der Waals surface area contributed by atoms with Crippen LogP contribution in [-0.2, 0) is 9.53 Å². The smallest absolute Gasteiger partial charge is 0.246 e. The van der Waals surface area contributed by atoms with E-state index >= 15 is 0 Å². The van der Waals surface area contributed by atoms with Gasteiger partial charge in [0.05, 0.1) is 42.6 Å². The highest BCUT2D eigenvalue weighted by Crippen LogP contribution is 2.33. The zero-order chi connectivity index (χ0) is 24.4. The molecular weight excluding hydrogens is 477 g/mol. The molecule has 0 bridgehead atoms. The van der Waals surface area contributed by atoms with E-state index in [1.807, 2.05) is 0 Å². The van der Waals surface area contributed by atoms with Crippen LogP contribution in [0.25, 0.3) is 11.0 Å². The Bertz CT molecular complexity index is 1270. The monoisotopic (exact) mass is 499 g/mol. The molecule has 3 aromatic rings. The van der Waals surface area contributed by atoms with Gasteiger partial charge in [0, 0.05) is 31.0 Å². The standard InChI is InChI=1S/C24H23ClFN5O4/c1-2-22(32)31-6-5-15(9-31)35-21-4-3-18-23(30-21)24(28-13-27-18)29-19-7-16(25)20(8-17(19)26)34-12-14-10-33-11-14/h2-4,7-8,13-15H,1,5-6,9-12H2,(H,27,28,29)/t15-/m0/s1. The molecule has 1 N–H and O–H groups in total. The van der Waals surface area contributed by atoms with Crippen LogP contribution in [-0.4, -0.2) is 64.8 Å². The number of hydrogen-bond acceptors (Lipinski definition) is 8. The Hall–Kier alpha value is -3.50. The van der Waals surface area contributed by atoms with Crippen LogP contribution in [0.15, 0.2) is 43.2 Å². The van der Waals surface area contributed by atoms with Crippen molar-refractivity contribution in [1.29, 1.82) is 0 Å². The summed E-state index contributed by atoms with van der Waals surface area (Å²) in [7, 11) is 0. The number of carbonyl (C=O) groups excluding carboxylic acids is 1. The molecule has 0 spiro atoms. The second-order valence-electron chi connectivity index (χ2n) is 8.36. The molecule has 2 aliphatic rings. The number of benzene rings is 1. The fraction of sp³-hybridized carbons (Fsp3) is 0.333. The zero-order valence-electron chi connectivity index (χ0n) is 18.7. The number of carbonyl (C=O) groups is 1. The molecule has 1 aromatic carbocycles. The maximum atomic E-state index is 14.9. The predicted octanol–water partition coefficient (Wildman–Crippen LogP) is 3.75. The Morgan fingerprint density at radius 3 is 2.97 bits per heavy atom. The molecule has 1 amide bonds. The molecule has 1 atom stereocenters. The van der Waals surface area contributed by atoms with Crippen molar-refractivity contribution in [3.63, 3.8) is 0 Å². The maximum absolute atomic E-state index is 14.9. The van der Waals surface area contributed by atoms with Gasteiger partial charge in [-0.1, -0.05) is 18.2 Å². The van der Waals surface area contributed by atoms with Crippen LogP contribution < -0.4 is 14.8 Å².